The lowest BCUT2D eigenvalue weighted by Gasteiger charge is -2.03. The van der Waals surface area contributed by atoms with Crippen molar-refractivity contribution >= 4 is 12.4 Å². The Kier molecular flexibility index (Phi) is 4.90. The van der Waals surface area contributed by atoms with Gasteiger partial charge in [-0.25, -0.2) is 0 Å². The van der Waals surface area contributed by atoms with Crippen LogP contribution in [0.4, 0.5) is 0 Å². The molecule has 1 aromatic rings. The summed E-state index contributed by atoms with van der Waals surface area (Å²) in [5, 5.41) is 8.65. The first-order chi connectivity index (χ1) is 5.81. The maximum Gasteiger partial charge on any atom is 0.136 e. The van der Waals surface area contributed by atoms with Gasteiger partial charge in [0.05, 0.1) is 12.7 Å². The summed E-state index contributed by atoms with van der Waals surface area (Å²) in [5.74, 6) is 0.584. The standard InChI is InChI=1S/C9H10N2O.ClH/c1-12-9-4-7(5-10)2-3-8(9)6-11;/h2-4H,5,10H2,1H3;1H. The monoisotopic (exact) mass is 198 g/mol. The maximum absolute atomic E-state index is 8.65. The van der Waals surface area contributed by atoms with Crippen molar-refractivity contribution in [3.8, 4) is 11.8 Å². The molecule has 0 amide bonds. The molecule has 0 unspecified atom stereocenters. The first-order valence-corrected chi connectivity index (χ1v) is 3.59. The van der Waals surface area contributed by atoms with Crippen LogP contribution in [0.2, 0.25) is 0 Å². The predicted molar refractivity (Wildman–Crippen MR) is 52.8 cm³/mol. The molecule has 0 saturated carbocycles. The molecular weight excluding hydrogens is 188 g/mol. The molecule has 13 heavy (non-hydrogen) atoms. The van der Waals surface area contributed by atoms with Crippen LogP contribution in [-0.2, 0) is 6.54 Å². The van der Waals surface area contributed by atoms with E-state index in [1.807, 2.05) is 12.1 Å². The van der Waals surface area contributed by atoms with Gasteiger partial charge in [0.25, 0.3) is 0 Å². The Bertz CT molecular complexity index is 320. The molecule has 0 radical (unpaired) electrons. The first kappa shape index (κ1) is 11.8. The number of methoxy groups -OCH3 is 1. The summed E-state index contributed by atoms with van der Waals surface area (Å²) in [6.07, 6.45) is 0. The van der Waals surface area contributed by atoms with E-state index in [1.165, 1.54) is 7.11 Å². The van der Waals surface area contributed by atoms with Gasteiger partial charge in [0.1, 0.15) is 11.8 Å². The number of hydrogen-bond acceptors (Lipinski definition) is 3. The fraction of sp³-hybridized carbons (Fsp3) is 0.222. The molecule has 3 nitrogen and oxygen atoms in total. The summed E-state index contributed by atoms with van der Waals surface area (Å²) in [4.78, 5) is 0. The van der Waals surface area contributed by atoms with E-state index in [9.17, 15) is 0 Å². The molecule has 0 aliphatic carbocycles. The number of nitrogens with zero attached hydrogens (tertiary/aromatic N) is 1. The van der Waals surface area contributed by atoms with E-state index < -0.39 is 0 Å². The highest BCUT2D eigenvalue weighted by Gasteiger charge is 2.01. The molecule has 0 aromatic heterocycles. The van der Waals surface area contributed by atoms with Crippen molar-refractivity contribution in [1.29, 1.82) is 5.26 Å². The number of nitrogens with two attached hydrogens (primary N) is 1. The molecular formula is C9H11ClN2O. The molecule has 0 fully saturated rings. The molecule has 0 bridgehead atoms. The average molecular weight is 199 g/mol. The highest BCUT2D eigenvalue weighted by Crippen LogP contribution is 2.18. The minimum absolute atomic E-state index is 0. The van der Waals surface area contributed by atoms with Crippen molar-refractivity contribution in [2.24, 2.45) is 5.73 Å². The van der Waals surface area contributed by atoms with E-state index in [0.29, 0.717) is 17.9 Å². The third-order valence-electron chi connectivity index (χ3n) is 1.62. The molecule has 4 heteroatoms. The zero-order chi connectivity index (χ0) is 8.97. The van der Waals surface area contributed by atoms with Crippen molar-refractivity contribution in [3.63, 3.8) is 0 Å². The minimum Gasteiger partial charge on any atom is -0.495 e. The van der Waals surface area contributed by atoms with E-state index in [2.05, 4.69) is 0 Å². The summed E-state index contributed by atoms with van der Waals surface area (Å²) in [7, 11) is 1.54. The van der Waals surface area contributed by atoms with Gasteiger partial charge in [-0.3, -0.25) is 0 Å². The predicted octanol–water partition coefficient (Wildman–Crippen LogP) is 1.45. The van der Waals surface area contributed by atoms with Crippen molar-refractivity contribution in [2.45, 2.75) is 6.54 Å². The number of rotatable bonds is 2. The Morgan fingerprint density at radius 3 is 2.69 bits per heavy atom. The quantitative estimate of drug-likeness (QED) is 0.783. The van der Waals surface area contributed by atoms with Crippen LogP contribution < -0.4 is 10.5 Å². The lowest BCUT2D eigenvalue weighted by atomic mass is 10.1. The summed E-state index contributed by atoms with van der Waals surface area (Å²) in [5.41, 5.74) is 6.93. The number of ether oxygens (including phenoxy) is 1. The van der Waals surface area contributed by atoms with Gasteiger partial charge in [-0.2, -0.15) is 5.26 Å². The lowest BCUT2D eigenvalue weighted by molar-refractivity contribution is 0.413. The second-order valence-corrected chi connectivity index (χ2v) is 2.35. The molecule has 0 atom stereocenters. The first-order valence-electron chi connectivity index (χ1n) is 3.59. The fourth-order valence-electron chi connectivity index (χ4n) is 0.955. The van der Waals surface area contributed by atoms with Gasteiger partial charge in [-0.15, -0.1) is 12.4 Å². The zero-order valence-electron chi connectivity index (χ0n) is 7.28. The van der Waals surface area contributed by atoms with Crippen molar-refractivity contribution < 1.29 is 4.74 Å². The van der Waals surface area contributed by atoms with E-state index in [-0.39, 0.29) is 12.4 Å². The van der Waals surface area contributed by atoms with Gasteiger partial charge >= 0.3 is 0 Å². The highest BCUT2D eigenvalue weighted by atomic mass is 35.5. The Balaban J connectivity index is 0.00000144. The van der Waals surface area contributed by atoms with Gasteiger partial charge in [0, 0.05) is 6.54 Å². The van der Waals surface area contributed by atoms with Gasteiger partial charge < -0.3 is 10.5 Å². The zero-order valence-corrected chi connectivity index (χ0v) is 8.10. The van der Waals surface area contributed by atoms with Crippen LogP contribution in [0.25, 0.3) is 0 Å². The van der Waals surface area contributed by atoms with Gasteiger partial charge in [-0.05, 0) is 17.7 Å². The normalized spacial score (nSPS) is 8.38. The average Bonchev–Trinajstić information content (AvgIpc) is 2.16. The SMILES string of the molecule is COc1cc(CN)ccc1C#N.Cl. The minimum atomic E-state index is 0. The Labute approximate surface area is 83.5 Å². The van der Waals surface area contributed by atoms with Crippen LogP contribution >= 0.6 is 12.4 Å². The number of nitriles is 1. The molecule has 1 rings (SSSR count). The molecule has 2 N–H and O–H groups in total. The second kappa shape index (κ2) is 5.41. The highest BCUT2D eigenvalue weighted by molar-refractivity contribution is 5.85. The second-order valence-electron chi connectivity index (χ2n) is 2.35. The van der Waals surface area contributed by atoms with Crippen molar-refractivity contribution in [3.05, 3.63) is 29.3 Å². The molecule has 0 heterocycles. The van der Waals surface area contributed by atoms with Crippen molar-refractivity contribution in [2.75, 3.05) is 7.11 Å². The Morgan fingerprint density at radius 2 is 2.23 bits per heavy atom. The maximum atomic E-state index is 8.65. The largest absolute Gasteiger partial charge is 0.495 e. The molecule has 0 aliphatic heterocycles. The van der Waals surface area contributed by atoms with E-state index >= 15 is 0 Å². The van der Waals surface area contributed by atoms with E-state index in [4.69, 9.17) is 15.7 Å². The van der Waals surface area contributed by atoms with Gasteiger partial charge in [-0.1, -0.05) is 6.07 Å². The topological polar surface area (TPSA) is 59.0 Å². The number of halogens is 1. The summed E-state index contributed by atoms with van der Waals surface area (Å²) in [6, 6.07) is 7.34. The smallest absolute Gasteiger partial charge is 0.136 e. The van der Waals surface area contributed by atoms with Crippen molar-refractivity contribution in [1.82, 2.24) is 0 Å². The summed E-state index contributed by atoms with van der Waals surface area (Å²) < 4.78 is 5.00. The van der Waals surface area contributed by atoms with Crippen LogP contribution in [0.5, 0.6) is 5.75 Å². The van der Waals surface area contributed by atoms with Gasteiger partial charge in [0.15, 0.2) is 0 Å². The van der Waals surface area contributed by atoms with Crippen LogP contribution in [0.3, 0.4) is 0 Å². The number of hydrogen-bond donors (Lipinski definition) is 1. The molecule has 0 saturated heterocycles. The molecule has 0 spiro atoms. The Morgan fingerprint density at radius 1 is 1.54 bits per heavy atom. The fourth-order valence-corrected chi connectivity index (χ4v) is 0.955. The summed E-state index contributed by atoms with van der Waals surface area (Å²) in [6.45, 7) is 0.460. The lowest BCUT2D eigenvalue weighted by Crippen LogP contribution is -1.97. The summed E-state index contributed by atoms with van der Waals surface area (Å²) >= 11 is 0. The number of benzene rings is 1. The van der Waals surface area contributed by atoms with E-state index in [1.54, 1.807) is 12.1 Å². The van der Waals surface area contributed by atoms with Crippen LogP contribution in [0, 0.1) is 11.3 Å². The Hall–Kier alpha value is -1.24. The third kappa shape index (κ3) is 2.62. The molecule has 1 aromatic carbocycles. The van der Waals surface area contributed by atoms with Crippen LogP contribution in [0.15, 0.2) is 18.2 Å². The van der Waals surface area contributed by atoms with Crippen LogP contribution in [0.1, 0.15) is 11.1 Å². The third-order valence-corrected chi connectivity index (χ3v) is 1.62. The van der Waals surface area contributed by atoms with Crippen LogP contribution in [-0.4, -0.2) is 7.11 Å². The molecule has 70 valence electrons. The van der Waals surface area contributed by atoms with E-state index in [0.717, 1.165) is 5.56 Å². The molecule has 0 aliphatic rings. The van der Waals surface area contributed by atoms with Gasteiger partial charge in [0.2, 0.25) is 0 Å².